The van der Waals surface area contributed by atoms with Crippen LogP contribution in [0.3, 0.4) is 0 Å². The molecule has 0 aliphatic heterocycles. The first kappa shape index (κ1) is 13.1. The Bertz CT molecular complexity index is 518. The Morgan fingerprint density at radius 2 is 2.21 bits per heavy atom. The molecule has 7 heteroatoms. The van der Waals surface area contributed by atoms with Crippen LogP contribution in [0.4, 0.5) is 14.5 Å². The summed E-state index contributed by atoms with van der Waals surface area (Å²) in [5.74, 6) is 0.845. The van der Waals surface area contributed by atoms with E-state index in [1.807, 2.05) is 0 Å². The molecule has 0 aliphatic carbocycles. The lowest BCUT2D eigenvalue weighted by molar-refractivity contribution is -0.0511. The monoisotopic (exact) mass is 270 g/mol. The van der Waals surface area contributed by atoms with E-state index in [-0.39, 0.29) is 11.5 Å². The molecular weight excluding hydrogens is 258 g/mol. The molecule has 0 saturated heterocycles. The van der Waals surface area contributed by atoms with Crippen molar-refractivity contribution in [2.24, 2.45) is 0 Å². The van der Waals surface area contributed by atoms with Crippen LogP contribution in [0.2, 0.25) is 0 Å². The number of oxazole rings is 1. The van der Waals surface area contributed by atoms with E-state index in [4.69, 9.17) is 9.15 Å². The number of hydrogen-bond acceptors (Lipinski definition) is 5. The van der Waals surface area contributed by atoms with Crippen molar-refractivity contribution in [2.45, 2.75) is 13.2 Å². The number of hydrogen-bond donors (Lipinski definition) is 1. The molecule has 0 unspecified atom stereocenters. The third-order valence-corrected chi connectivity index (χ3v) is 2.33. The molecule has 1 N–H and O–H groups in total. The minimum Gasteiger partial charge on any atom is -0.493 e. The maximum Gasteiger partial charge on any atom is 0.387 e. The highest BCUT2D eigenvalue weighted by molar-refractivity contribution is 5.54. The SMILES string of the molecule is COc1ccc(NCc2cnco2)cc1OC(F)F. The molecule has 2 aromatic rings. The molecule has 5 nitrogen and oxygen atoms in total. The fourth-order valence-electron chi connectivity index (χ4n) is 1.49. The lowest BCUT2D eigenvalue weighted by atomic mass is 10.2. The van der Waals surface area contributed by atoms with Gasteiger partial charge in [-0.2, -0.15) is 8.78 Å². The van der Waals surface area contributed by atoms with E-state index in [9.17, 15) is 8.78 Å². The first-order valence-corrected chi connectivity index (χ1v) is 5.43. The van der Waals surface area contributed by atoms with Gasteiger partial charge < -0.3 is 19.2 Å². The molecule has 2 rings (SSSR count). The van der Waals surface area contributed by atoms with E-state index < -0.39 is 6.61 Å². The zero-order valence-electron chi connectivity index (χ0n) is 10.1. The van der Waals surface area contributed by atoms with Gasteiger partial charge in [-0.05, 0) is 12.1 Å². The predicted molar refractivity (Wildman–Crippen MR) is 63.5 cm³/mol. The van der Waals surface area contributed by atoms with Crippen molar-refractivity contribution >= 4 is 5.69 Å². The number of nitrogens with zero attached hydrogens (tertiary/aromatic N) is 1. The van der Waals surface area contributed by atoms with Gasteiger partial charge >= 0.3 is 6.61 Å². The molecule has 0 amide bonds. The van der Waals surface area contributed by atoms with Crippen LogP contribution in [-0.2, 0) is 6.54 Å². The summed E-state index contributed by atoms with van der Waals surface area (Å²) in [5.41, 5.74) is 0.604. The molecule has 1 heterocycles. The summed E-state index contributed by atoms with van der Waals surface area (Å²) in [6.07, 6.45) is 2.88. The second kappa shape index (κ2) is 6.03. The Labute approximate surface area is 108 Å². The number of methoxy groups -OCH3 is 1. The second-order valence-corrected chi connectivity index (χ2v) is 3.57. The molecule has 0 aliphatic rings. The van der Waals surface area contributed by atoms with E-state index in [0.717, 1.165) is 0 Å². The van der Waals surface area contributed by atoms with Crippen molar-refractivity contribution in [2.75, 3.05) is 12.4 Å². The number of ether oxygens (including phenoxy) is 2. The number of aromatic nitrogens is 1. The van der Waals surface area contributed by atoms with E-state index in [0.29, 0.717) is 18.0 Å². The van der Waals surface area contributed by atoms with Gasteiger partial charge in [-0.3, -0.25) is 0 Å². The van der Waals surface area contributed by atoms with Crippen LogP contribution in [0.25, 0.3) is 0 Å². The van der Waals surface area contributed by atoms with E-state index in [1.165, 1.54) is 19.6 Å². The molecule has 0 bridgehead atoms. The second-order valence-electron chi connectivity index (χ2n) is 3.57. The number of halogens is 2. The van der Waals surface area contributed by atoms with Gasteiger partial charge in [0.25, 0.3) is 0 Å². The molecular formula is C12H12F2N2O3. The summed E-state index contributed by atoms with van der Waals surface area (Å²) >= 11 is 0. The van der Waals surface area contributed by atoms with Gasteiger partial charge in [-0.25, -0.2) is 4.98 Å². The van der Waals surface area contributed by atoms with Crippen molar-refractivity contribution in [3.63, 3.8) is 0 Å². The number of nitrogens with one attached hydrogen (secondary N) is 1. The van der Waals surface area contributed by atoms with E-state index >= 15 is 0 Å². The van der Waals surface area contributed by atoms with Gasteiger partial charge in [0.05, 0.1) is 19.9 Å². The van der Waals surface area contributed by atoms with E-state index in [1.54, 1.807) is 18.3 Å². The maximum absolute atomic E-state index is 12.3. The average Bonchev–Trinajstić information content (AvgIpc) is 2.89. The maximum atomic E-state index is 12.3. The van der Waals surface area contributed by atoms with Crippen molar-refractivity contribution < 1.29 is 22.7 Å². The Morgan fingerprint density at radius 3 is 2.84 bits per heavy atom. The van der Waals surface area contributed by atoms with E-state index in [2.05, 4.69) is 15.0 Å². The molecule has 0 fully saturated rings. The molecule has 0 saturated carbocycles. The van der Waals surface area contributed by atoms with Gasteiger partial charge in [0.2, 0.25) is 0 Å². The van der Waals surface area contributed by atoms with Gasteiger partial charge in [-0.15, -0.1) is 0 Å². The molecule has 19 heavy (non-hydrogen) atoms. The summed E-state index contributed by atoms with van der Waals surface area (Å²) in [4.78, 5) is 3.77. The Hall–Kier alpha value is -2.31. The van der Waals surface area contributed by atoms with Crippen molar-refractivity contribution in [1.29, 1.82) is 0 Å². The van der Waals surface area contributed by atoms with Crippen LogP contribution in [0.1, 0.15) is 5.76 Å². The summed E-state index contributed by atoms with van der Waals surface area (Å²) in [6.45, 7) is -2.51. The first-order valence-electron chi connectivity index (χ1n) is 5.43. The zero-order chi connectivity index (χ0) is 13.7. The molecule has 0 atom stereocenters. The third kappa shape index (κ3) is 3.57. The number of anilines is 1. The van der Waals surface area contributed by atoms with Crippen LogP contribution in [0.15, 0.2) is 35.2 Å². The van der Waals surface area contributed by atoms with Gasteiger partial charge in [0.1, 0.15) is 5.76 Å². The Kier molecular flexibility index (Phi) is 4.17. The highest BCUT2D eigenvalue weighted by Crippen LogP contribution is 2.31. The minimum atomic E-state index is -2.90. The lowest BCUT2D eigenvalue weighted by Crippen LogP contribution is -2.05. The summed E-state index contributed by atoms with van der Waals surface area (Å²) in [7, 11) is 1.38. The normalized spacial score (nSPS) is 10.5. The summed E-state index contributed by atoms with van der Waals surface area (Å²) < 4.78 is 38.9. The van der Waals surface area contributed by atoms with Crippen LogP contribution in [0.5, 0.6) is 11.5 Å². The smallest absolute Gasteiger partial charge is 0.387 e. The fraction of sp³-hybridized carbons (Fsp3) is 0.250. The largest absolute Gasteiger partial charge is 0.493 e. The van der Waals surface area contributed by atoms with Crippen molar-refractivity contribution in [3.8, 4) is 11.5 Å². The number of benzene rings is 1. The van der Waals surface area contributed by atoms with Crippen LogP contribution >= 0.6 is 0 Å². The quantitative estimate of drug-likeness (QED) is 0.874. The van der Waals surface area contributed by atoms with Gasteiger partial charge in [0, 0.05) is 11.8 Å². The standard InChI is InChI=1S/C12H12F2N2O3/c1-17-10-3-2-8(4-11(10)19-12(13)14)16-6-9-5-15-7-18-9/h2-5,7,12,16H,6H2,1H3. The average molecular weight is 270 g/mol. The Morgan fingerprint density at radius 1 is 1.37 bits per heavy atom. The molecule has 0 radical (unpaired) electrons. The summed E-state index contributed by atoms with van der Waals surface area (Å²) in [6, 6.07) is 4.66. The van der Waals surface area contributed by atoms with Crippen LogP contribution < -0.4 is 14.8 Å². The lowest BCUT2D eigenvalue weighted by Gasteiger charge is -2.12. The third-order valence-electron chi connectivity index (χ3n) is 2.33. The van der Waals surface area contributed by atoms with Crippen LogP contribution in [0, 0.1) is 0 Å². The number of rotatable bonds is 6. The first-order chi connectivity index (χ1) is 9.19. The molecule has 102 valence electrons. The minimum absolute atomic E-state index is 0.0277. The van der Waals surface area contributed by atoms with Gasteiger partial charge in [0.15, 0.2) is 17.9 Å². The van der Waals surface area contributed by atoms with Gasteiger partial charge in [-0.1, -0.05) is 0 Å². The molecule has 1 aromatic carbocycles. The number of alkyl halides is 2. The van der Waals surface area contributed by atoms with Crippen molar-refractivity contribution in [1.82, 2.24) is 4.98 Å². The predicted octanol–water partition coefficient (Wildman–Crippen LogP) is 2.90. The zero-order valence-corrected chi connectivity index (χ0v) is 10.1. The van der Waals surface area contributed by atoms with Crippen molar-refractivity contribution in [3.05, 3.63) is 36.5 Å². The molecule has 0 spiro atoms. The topological polar surface area (TPSA) is 56.5 Å². The highest BCUT2D eigenvalue weighted by atomic mass is 19.3. The highest BCUT2D eigenvalue weighted by Gasteiger charge is 2.11. The van der Waals surface area contributed by atoms with Crippen LogP contribution in [-0.4, -0.2) is 18.7 Å². The Balaban J connectivity index is 2.08. The summed E-state index contributed by atoms with van der Waals surface area (Å²) in [5, 5.41) is 3.00. The molecule has 1 aromatic heterocycles. The fourth-order valence-corrected chi connectivity index (χ4v) is 1.49.